The average molecular weight is 579 g/mol. The molecule has 2 aromatic rings. The van der Waals surface area contributed by atoms with Crippen molar-refractivity contribution in [1.29, 1.82) is 0 Å². The molecular weight excluding hydrogens is 548 g/mol. The molecule has 2 aromatic carbocycles. The molecule has 0 spiro atoms. The van der Waals surface area contributed by atoms with Gasteiger partial charge in [0.15, 0.2) is 11.4 Å². The Hall–Kier alpha value is -4.68. The minimum atomic E-state index is -3.02. The summed E-state index contributed by atoms with van der Waals surface area (Å²) in [5.74, 6) is -10.3. The highest BCUT2D eigenvalue weighted by molar-refractivity contribution is 6.24. The molecule has 0 bridgehead atoms. The molecule has 42 heavy (non-hydrogen) atoms. The fourth-order valence-corrected chi connectivity index (χ4v) is 6.66. The maximum Gasteiger partial charge on any atom is 0.310 e. The molecule has 12 heteroatoms. The average Bonchev–Trinajstić information content (AvgIpc) is 2.91. The summed E-state index contributed by atoms with van der Waals surface area (Å²) in [6, 6.07) is 8.73. The third-order valence-corrected chi connectivity index (χ3v) is 8.52. The number of phenols is 2. The lowest BCUT2D eigenvalue weighted by atomic mass is 9.54. The van der Waals surface area contributed by atoms with E-state index in [1.54, 1.807) is 13.0 Å². The van der Waals surface area contributed by atoms with Crippen LogP contribution in [-0.2, 0) is 30.3 Å². The highest BCUT2D eigenvalue weighted by Gasteiger charge is 2.69. The Morgan fingerprint density at radius 3 is 2.26 bits per heavy atom. The van der Waals surface area contributed by atoms with E-state index in [2.05, 4.69) is 0 Å². The van der Waals surface area contributed by atoms with E-state index >= 15 is 0 Å². The summed E-state index contributed by atoms with van der Waals surface area (Å²) in [4.78, 5) is 54.8. The summed E-state index contributed by atoms with van der Waals surface area (Å²) < 4.78 is 5.96. The highest BCUT2D eigenvalue weighted by atomic mass is 16.5. The molecule has 1 unspecified atom stereocenters. The van der Waals surface area contributed by atoms with Crippen molar-refractivity contribution in [3.05, 3.63) is 76.1 Å². The zero-order valence-electron chi connectivity index (χ0n) is 22.9. The molecule has 1 saturated carbocycles. The molecular formula is C30H30N2O10. The van der Waals surface area contributed by atoms with E-state index in [1.807, 2.05) is 0 Å². The number of hydrogen-bond donors (Lipinski definition) is 6. The number of aliphatic hydroxyl groups excluding tert-OH is 2. The second-order valence-electron chi connectivity index (χ2n) is 11.1. The fraction of sp³-hybridized carbons (Fsp3) is 0.333. The number of benzene rings is 2. The molecule has 6 atom stereocenters. The molecule has 3 aliphatic rings. The number of carbonyl (C=O) groups excluding carboxylic acids is 4. The van der Waals surface area contributed by atoms with Crippen LogP contribution in [0, 0.1) is 11.8 Å². The van der Waals surface area contributed by atoms with E-state index in [0.29, 0.717) is 11.1 Å². The van der Waals surface area contributed by atoms with Crippen molar-refractivity contribution in [2.45, 2.75) is 37.0 Å². The van der Waals surface area contributed by atoms with Crippen LogP contribution in [0.15, 0.2) is 59.4 Å². The Morgan fingerprint density at radius 2 is 1.67 bits per heavy atom. The van der Waals surface area contributed by atoms with Gasteiger partial charge in [-0.3, -0.25) is 24.1 Å². The molecule has 1 fully saturated rings. The molecule has 0 radical (unpaired) electrons. The Kier molecular flexibility index (Phi) is 6.86. The van der Waals surface area contributed by atoms with Gasteiger partial charge in [0.05, 0.1) is 23.9 Å². The van der Waals surface area contributed by atoms with Gasteiger partial charge >= 0.3 is 5.97 Å². The molecule has 0 heterocycles. The molecule has 0 saturated heterocycles. The Labute approximate surface area is 239 Å². The number of ketones is 2. The lowest BCUT2D eigenvalue weighted by molar-refractivity contribution is -0.185. The summed E-state index contributed by atoms with van der Waals surface area (Å²) in [5, 5.41) is 54.8. The standard InChI is InChI=1S/C30H30N2O10/c1-12-15-5-4-6-16(34)19(15)24(36)20-18(12)26(42-17(35)11-13-7-9-14(33)10-8-13)22-23(32(2)3)25(37)21(29(31)40)28(39)30(22,41)27(20)38/h4-10,12,18,22-23,26,33-34,36,39,41H,11H2,1-3H3,(H2,31,40)/t12-,18+,22+,23?,26-,30-/m0/s1. The van der Waals surface area contributed by atoms with Crippen molar-refractivity contribution >= 4 is 29.2 Å². The number of carbonyl (C=O) groups is 4. The number of phenolic OH excluding ortho intramolecular Hbond substituents is 2. The third kappa shape index (κ3) is 4.05. The molecule has 7 N–H and O–H groups in total. The first kappa shape index (κ1) is 28.8. The summed E-state index contributed by atoms with van der Waals surface area (Å²) >= 11 is 0. The maximum atomic E-state index is 14.2. The summed E-state index contributed by atoms with van der Waals surface area (Å²) in [5.41, 5.74) is 1.76. The number of rotatable bonds is 5. The fourth-order valence-electron chi connectivity index (χ4n) is 6.66. The van der Waals surface area contributed by atoms with Gasteiger partial charge in [0, 0.05) is 11.5 Å². The topological polar surface area (TPSA) is 208 Å². The van der Waals surface area contributed by atoms with Gasteiger partial charge < -0.3 is 36.0 Å². The number of aromatic hydroxyl groups is 2. The maximum absolute atomic E-state index is 14.2. The summed E-state index contributed by atoms with van der Waals surface area (Å²) in [6.45, 7) is 1.67. The van der Waals surface area contributed by atoms with Gasteiger partial charge in [0.2, 0.25) is 5.78 Å². The van der Waals surface area contributed by atoms with Crippen molar-refractivity contribution in [3.8, 4) is 11.5 Å². The monoisotopic (exact) mass is 578 g/mol. The predicted molar refractivity (Wildman–Crippen MR) is 146 cm³/mol. The number of esters is 1. The van der Waals surface area contributed by atoms with Gasteiger partial charge in [-0.05, 0) is 49.3 Å². The van der Waals surface area contributed by atoms with Crippen molar-refractivity contribution in [2.24, 2.45) is 17.6 Å². The Balaban J connectivity index is 1.76. The molecule has 12 nitrogen and oxygen atoms in total. The summed E-state index contributed by atoms with van der Waals surface area (Å²) in [7, 11) is 2.90. The van der Waals surface area contributed by atoms with E-state index in [0.717, 1.165) is 0 Å². The molecule has 1 amide bonds. The number of Topliss-reactive ketones (excluding diaryl/α,β-unsaturated/α-hetero) is 2. The molecule has 0 aromatic heterocycles. The van der Waals surface area contributed by atoms with E-state index in [-0.39, 0.29) is 23.5 Å². The first-order valence-electron chi connectivity index (χ1n) is 13.2. The lowest BCUT2D eigenvalue weighted by Crippen LogP contribution is -2.71. The van der Waals surface area contributed by atoms with Crippen molar-refractivity contribution in [1.82, 2.24) is 4.90 Å². The van der Waals surface area contributed by atoms with Crippen molar-refractivity contribution in [3.63, 3.8) is 0 Å². The van der Waals surface area contributed by atoms with E-state index in [4.69, 9.17) is 10.5 Å². The number of hydrogen-bond acceptors (Lipinski definition) is 11. The number of ether oxygens (including phenoxy) is 1. The largest absolute Gasteiger partial charge is 0.508 e. The van der Waals surface area contributed by atoms with Gasteiger partial charge in [-0.1, -0.05) is 31.2 Å². The zero-order chi connectivity index (χ0) is 30.8. The normalized spacial score (nSPS) is 28.7. The molecule has 5 rings (SSSR count). The Bertz CT molecular complexity index is 1590. The van der Waals surface area contributed by atoms with Crippen LogP contribution in [0.5, 0.6) is 11.5 Å². The van der Waals surface area contributed by atoms with Crippen LogP contribution in [0.3, 0.4) is 0 Å². The number of fused-ring (bicyclic) bond motifs is 3. The zero-order valence-corrected chi connectivity index (χ0v) is 22.9. The van der Waals surface area contributed by atoms with Gasteiger partial charge in [0.1, 0.15) is 34.7 Å². The van der Waals surface area contributed by atoms with Crippen LogP contribution in [0.4, 0.5) is 0 Å². The van der Waals surface area contributed by atoms with Crippen LogP contribution >= 0.6 is 0 Å². The number of nitrogens with zero attached hydrogens (tertiary/aromatic N) is 1. The van der Waals surface area contributed by atoms with E-state index in [9.17, 15) is 44.7 Å². The predicted octanol–water partition coefficient (Wildman–Crippen LogP) is 0.995. The van der Waals surface area contributed by atoms with Crippen molar-refractivity contribution in [2.75, 3.05) is 14.1 Å². The number of primary amides is 1. The second kappa shape index (κ2) is 10.00. The van der Waals surface area contributed by atoms with Gasteiger partial charge in [0.25, 0.3) is 5.91 Å². The Morgan fingerprint density at radius 1 is 1.02 bits per heavy atom. The molecule has 220 valence electrons. The number of aliphatic hydroxyl groups is 3. The van der Waals surface area contributed by atoms with Crippen LogP contribution in [0.2, 0.25) is 0 Å². The van der Waals surface area contributed by atoms with E-state index < -0.39 is 81.6 Å². The molecule has 3 aliphatic carbocycles. The van der Waals surface area contributed by atoms with Crippen LogP contribution in [-0.4, -0.2) is 85.7 Å². The van der Waals surface area contributed by atoms with Gasteiger partial charge in [-0.15, -0.1) is 0 Å². The number of amides is 1. The first-order valence-corrected chi connectivity index (χ1v) is 13.2. The van der Waals surface area contributed by atoms with Gasteiger partial charge in [-0.25, -0.2) is 0 Å². The highest BCUT2D eigenvalue weighted by Crippen LogP contribution is 2.56. The van der Waals surface area contributed by atoms with Gasteiger partial charge in [-0.2, -0.15) is 0 Å². The lowest BCUT2D eigenvalue weighted by Gasteiger charge is -2.54. The molecule has 0 aliphatic heterocycles. The minimum Gasteiger partial charge on any atom is -0.508 e. The summed E-state index contributed by atoms with van der Waals surface area (Å²) in [6.07, 6.45) is -1.80. The van der Waals surface area contributed by atoms with Crippen LogP contribution in [0.25, 0.3) is 5.76 Å². The number of nitrogens with two attached hydrogens (primary N) is 1. The van der Waals surface area contributed by atoms with Crippen LogP contribution < -0.4 is 5.73 Å². The second-order valence-corrected chi connectivity index (χ2v) is 11.1. The van der Waals surface area contributed by atoms with Crippen LogP contribution in [0.1, 0.15) is 29.5 Å². The third-order valence-electron chi connectivity index (χ3n) is 8.52. The first-order chi connectivity index (χ1) is 19.7. The minimum absolute atomic E-state index is 0.0202. The number of likely N-dealkylation sites (N-methyl/N-ethyl adjacent to an activating group) is 1. The van der Waals surface area contributed by atoms with E-state index in [1.165, 1.54) is 55.4 Å². The smallest absolute Gasteiger partial charge is 0.310 e. The van der Waals surface area contributed by atoms with Crippen molar-refractivity contribution < 1.29 is 49.4 Å². The SMILES string of the molecule is C[C@H]1c2cccc(O)c2C(O)=C2C(=O)[C@]3(O)C(O)=C(C(N)=O)C(=O)C(N(C)C)[C@@H]3[C@@H](OC(=O)Cc3ccc(O)cc3)[C@@H]21. The quantitative estimate of drug-likeness (QED) is 0.218.